The van der Waals surface area contributed by atoms with Crippen LogP contribution in [0.5, 0.6) is 0 Å². The molecular formula is C15H22N4O2. The van der Waals surface area contributed by atoms with Crippen LogP contribution in [-0.2, 0) is 4.79 Å². The monoisotopic (exact) mass is 290 g/mol. The molecule has 1 fully saturated rings. The van der Waals surface area contributed by atoms with Crippen LogP contribution in [0.4, 0.5) is 10.5 Å². The van der Waals surface area contributed by atoms with Crippen molar-refractivity contribution in [3.05, 3.63) is 29.8 Å². The van der Waals surface area contributed by atoms with E-state index in [-0.39, 0.29) is 23.9 Å². The van der Waals surface area contributed by atoms with Crippen LogP contribution < -0.4 is 16.8 Å². The summed E-state index contributed by atoms with van der Waals surface area (Å²) in [5.41, 5.74) is 12.8. The molecule has 0 aromatic heterocycles. The minimum atomic E-state index is -0.278. The van der Waals surface area contributed by atoms with E-state index in [1.54, 1.807) is 4.90 Å². The van der Waals surface area contributed by atoms with Gasteiger partial charge >= 0.3 is 6.03 Å². The molecule has 5 N–H and O–H groups in total. The van der Waals surface area contributed by atoms with Gasteiger partial charge in [0.2, 0.25) is 5.91 Å². The fraction of sp³-hybridized carbons (Fsp3) is 0.467. The number of piperidine rings is 1. The second kappa shape index (κ2) is 6.58. The Morgan fingerprint density at radius 3 is 2.57 bits per heavy atom. The average Bonchev–Trinajstić information content (AvgIpc) is 2.47. The maximum absolute atomic E-state index is 12.2. The smallest absolute Gasteiger partial charge is 0.321 e. The summed E-state index contributed by atoms with van der Waals surface area (Å²) in [6.45, 7) is 2.99. The number of hydrogen-bond acceptors (Lipinski definition) is 3. The predicted molar refractivity (Wildman–Crippen MR) is 81.6 cm³/mol. The fourth-order valence-corrected chi connectivity index (χ4v) is 2.47. The Kier molecular flexibility index (Phi) is 4.80. The highest BCUT2D eigenvalue weighted by molar-refractivity contribution is 5.89. The molecule has 0 spiro atoms. The molecule has 21 heavy (non-hydrogen) atoms. The van der Waals surface area contributed by atoms with Crippen LogP contribution in [0.25, 0.3) is 0 Å². The zero-order valence-electron chi connectivity index (χ0n) is 12.2. The summed E-state index contributed by atoms with van der Waals surface area (Å²) in [6.07, 6.45) is 1.26. The Morgan fingerprint density at radius 1 is 1.33 bits per heavy atom. The lowest BCUT2D eigenvalue weighted by Crippen LogP contribution is -2.43. The Morgan fingerprint density at radius 2 is 2.00 bits per heavy atom. The Balaban J connectivity index is 1.93. The van der Waals surface area contributed by atoms with E-state index >= 15 is 0 Å². The molecule has 6 nitrogen and oxygen atoms in total. The molecule has 0 bridgehead atoms. The lowest BCUT2D eigenvalue weighted by atomic mass is 9.96. The maximum atomic E-state index is 12.2. The minimum Gasteiger partial charge on any atom is -0.369 e. The van der Waals surface area contributed by atoms with E-state index in [1.807, 2.05) is 31.2 Å². The molecule has 1 unspecified atom stereocenters. The number of amides is 3. The number of rotatable bonds is 3. The standard InChI is InChI=1S/C15H22N4O2/c1-10(16)12-3-2-4-13(9-12)18-15(21)19-7-5-11(6-8-19)14(17)20/h2-4,9-11H,5-8,16H2,1H3,(H2,17,20)(H,18,21). The molecule has 2 rings (SSSR count). The van der Waals surface area contributed by atoms with Crippen molar-refractivity contribution in [2.75, 3.05) is 18.4 Å². The van der Waals surface area contributed by atoms with Crippen molar-refractivity contribution in [1.29, 1.82) is 0 Å². The highest BCUT2D eigenvalue weighted by Gasteiger charge is 2.25. The fourth-order valence-electron chi connectivity index (χ4n) is 2.47. The van der Waals surface area contributed by atoms with Gasteiger partial charge in [-0.15, -0.1) is 0 Å². The molecule has 1 aromatic rings. The number of urea groups is 1. The van der Waals surface area contributed by atoms with Crippen LogP contribution >= 0.6 is 0 Å². The van der Waals surface area contributed by atoms with Crippen LogP contribution in [0.3, 0.4) is 0 Å². The molecule has 1 atom stereocenters. The number of benzene rings is 1. The van der Waals surface area contributed by atoms with Gasteiger partial charge in [-0.25, -0.2) is 4.79 Å². The number of hydrogen-bond donors (Lipinski definition) is 3. The first-order chi connectivity index (χ1) is 9.97. The summed E-state index contributed by atoms with van der Waals surface area (Å²) in [7, 11) is 0. The topological polar surface area (TPSA) is 101 Å². The van der Waals surface area contributed by atoms with Crippen LogP contribution in [0.15, 0.2) is 24.3 Å². The summed E-state index contributed by atoms with van der Waals surface area (Å²) < 4.78 is 0. The van der Waals surface area contributed by atoms with Crippen LogP contribution in [-0.4, -0.2) is 29.9 Å². The van der Waals surface area contributed by atoms with Crippen LogP contribution in [0.1, 0.15) is 31.4 Å². The van der Waals surface area contributed by atoms with E-state index < -0.39 is 0 Å². The number of carbonyl (C=O) groups is 2. The first-order valence-electron chi connectivity index (χ1n) is 7.18. The normalized spacial score (nSPS) is 17.3. The number of likely N-dealkylation sites (tertiary alicyclic amines) is 1. The Labute approximate surface area is 124 Å². The largest absolute Gasteiger partial charge is 0.369 e. The molecule has 0 radical (unpaired) electrons. The van der Waals surface area contributed by atoms with Crippen LogP contribution in [0, 0.1) is 5.92 Å². The van der Waals surface area contributed by atoms with Crippen molar-refractivity contribution in [2.45, 2.75) is 25.8 Å². The van der Waals surface area contributed by atoms with Gasteiger partial charge in [0.1, 0.15) is 0 Å². The van der Waals surface area contributed by atoms with E-state index in [0.29, 0.717) is 25.9 Å². The molecule has 114 valence electrons. The number of nitrogens with two attached hydrogens (primary N) is 2. The van der Waals surface area contributed by atoms with Crippen molar-refractivity contribution in [2.24, 2.45) is 17.4 Å². The average molecular weight is 290 g/mol. The zero-order valence-corrected chi connectivity index (χ0v) is 12.2. The van der Waals surface area contributed by atoms with Gasteiger partial charge in [0.25, 0.3) is 0 Å². The zero-order chi connectivity index (χ0) is 15.4. The number of carbonyl (C=O) groups excluding carboxylic acids is 2. The lowest BCUT2D eigenvalue weighted by molar-refractivity contribution is -0.122. The van der Waals surface area contributed by atoms with Gasteiger partial charge in [0.05, 0.1) is 0 Å². The van der Waals surface area contributed by atoms with Gasteiger partial charge in [-0.05, 0) is 37.5 Å². The highest BCUT2D eigenvalue weighted by Crippen LogP contribution is 2.19. The number of primary amides is 1. The first kappa shape index (κ1) is 15.3. The molecule has 3 amide bonds. The third kappa shape index (κ3) is 3.95. The van der Waals surface area contributed by atoms with Gasteiger partial charge in [-0.1, -0.05) is 12.1 Å². The quantitative estimate of drug-likeness (QED) is 0.785. The Hall–Kier alpha value is -2.08. The first-order valence-corrected chi connectivity index (χ1v) is 7.18. The molecular weight excluding hydrogens is 268 g/mol. The summed E-state index contributed by atoms with van der Waals surface area (Å²) in [6, 6.07) is 7.28. The van der Waals surface area contributed by atoms with E-state index in [9.17, 15) is 9.59 Å². The summed E-state index contributed by atoms with van der Waals surface area (Å²) in [4.78, 5) is 25.0. The Bertz CT molecular complexity index is 522. The summed E-state index contributed by atoms with van der Waals surface area (Å²) in [5.74, 6) is -0.393. The molecule has 1 aliphatic heterocycles. The van der Waals surface area contributed by atoms with Gasteiger partial charge in [0, 0.05) is 30.7 Å². The third-order valence-electron chi connectivity index (χ3n) is 3.85. The van der Waals surface area contributed by atoms with Gasteiger partial charge < -0.3 is 21.7 Å². The van der Waals surface area contributed by atoms with Crippen molar-refractivity contribution < 1.29 is 9.59 Å². The van der Waals surface area contributed by atoms with Crippen molar-refractivity contribution in [1.82, 2.24) is 4.90 Å². The second-order valence-corrected chi connectivity index (χ2v) is 5.51. The molecule has 1 heterocycles. The predicted octanol–water partition coefficient (Wildman–Crippen LogP) is 1.44. The van der Waals surface area contributed by atoms with Gasteiger partial charge in [-0.2, -0.15) is 0 Å². The van der Waals surface area contributed by atoms with Crippen molar-refractivity contribution in [3.63, 3.8) is 0 Å². The lowest BCUT2D eigenvalue weighted by Gasteiger charge is -2.30. The molecule has 0 aliphatic carbocycles. The molecule has 1 aromatic carbocycles. The summed E-state index contributed by atoms with van der Waals surface area (Å²) >= 11 is 0. The molecule has 1 aliphatic rings. The van der Waals surface area contributed by atoms with Crippen molar-refractivity contribution in [3.8, 4) is 0 Å². The molecule has 1 saturated heterocycles. The molecule has 0 saturated carbocycles. The third-order valence-corrected chi connectivity index (χ3v) is 3.85. The summed E-state index contributed by atoms with van der Waals surface area (Å²) in [5, 5.41) is 2.87. The van der Waals surface area contributed by atoms with Crippen LogP contribution in [0.2, 0.25) is 0 Å². The highest BCUT2D eigenvalue weighted by atomic mass is 16.2. The minimum absolute atomic E-state index is 0.0758. The molecule has 6 heteroatoms. The van der Waals surface area contributed by atoms with E-state index in [2.05, 4.69) is 5.32 Å². The van der Waals surface area contributed by atoms with E-state index in [4.69, 9.17) is 11.5 Å². The number of nitrogens with one attached hydrogen (secondary N) is 1. The van der Waals surface area contributed by atoms with Gasteiger partial charge in [0.15, 0.2) is 0 Å². The van der Waals surface area contributed by atoms with Gasteiger partial charge in [-0.3, -0.25) is 4.79 Å². The van der Waals surface area contributed by atoms with Crippen molar-refractivity contribution >= 4 is 17.6 Å². The second-order valence-electron chi connectivity index (χ2n) is 5.51. The SMILES string of the molecule is CC(N)c1cccc(NC(=O)N2CCC(C(N)=O)CC2)c1. The van der Waals surface area contributed by atoms with E-state index in [0.717, 1.165) is 11.3 Å². The maximum Gasteiger partial charge on any atom is 0.321 e. The van der Waals surface area contributed by atoms with E-state index in [1.165, 1.54) is 0 Å². The number of anilines is 1. The number of nitrogens with zero attached hydrogens (tertiary/aromatic N) is 1.